The second kappa shape index (κ2) is 7.73. The minimum absolute atomic E-state index is 0.733. The van der Waals surface area contributed by atoms with Gasteiger partial charge in [-0.05, 0) is 45.8 Å². The highest BCUT2D eigenvalue weighted by atomic mass is 15.1. The zero-order valence-corrected chi connectivity index (χ0v) is 10.2. The van der Waals surface area contributed by atoms with Crippen LogP contribution in [0.1, 0.15) is 39.5 Å². The minimum Gasteiger partial charge on any atom is -0.313 e. The fourth-order valence-electron chi connectivity index (χ4n) is 2.14. The van der Waals surface area contributed by atoms with Crippen LogP contribution in [0.3, 0.4) is 0 Å². The lowest BCUT2D eigenvalue weighted by Gasteiger charge is -2.32. The number of hydrogen-bond donors (Lipinski definition) is 1. The van der Waals surface area contributed by atoms with Crippen molar-refractivity contribution in [1.29, 1.82) is 0 Å². The van der Waals surface area contributed by atoms with Crippen molar-refractivity contribution in [3.05, 3.63) is 0 Å². The molecule has 86 valence electrons. The molecule has 0 radical (unpaired) electrons. The fourth-order valence-corrected chi connectivity index (χ4v) is 2.14. The molecule has 1 N–H and O–H groups in total. The predicted molar refractivity (Wildman–Crippen MR) is 65.8 cm³/mol. The number of likely N-dealkylation sites (tertiary alicyclic amines) is 1. The Morgan fingerprint density at radius 1 is 1.33 bits per heavy atom. The molecular formula is C13H24N2. The summed E-state index contributed by atoms with van der Waals surface area (Å²) in [5.41, 5.74) is 0. The van der Waals surface area contributed by atoms with Crippen LogP contribution in [0, 0.1) is 11.8 Å². The highest BCUT2D eigenvalue weighted by Crippen LogP contribution is 2.10. The first-order valence-electron chi connectivity index (χ1n) is 6.22. The molecule has 1 saturated heterocycles. The van der Waals surface area contributed by atoms with Gasteiger partial charge in [0, 0.05) is 19.0 Å². The molecule has 15 heavy (non-hydrogen) atoms. The van der Waals surface area contributed by atoms with Gasteiger partial charge < -0.3 is 10.2 Å². The predicted octanol–water partition coefficient (Wildman–Crippen LogP) is 1.86. The first kappa shape index (κ1) is 12.5. The summed E-state index contributed by atoms with van der Waals surface area (Å²) in [5.74, 6) is 6.02. The lowest BCUT2D eigenvalue weighted by Crippen LogP contribution is -2.42. The van der Waals surface area contributed by atoms with Gasteiger partial charge in [-0.3, -0.25) is 0 Å². The SMILES string of the molecule is CC#CCCNC1CCN(CCC)CC1. The minimum atomic E-state index is 0.733. The number of nitrogens with zero attached hydrogens (tertiary/aromatic N) is 1. The average molecular weight is 208 g/mol. The summed E-state index contributed by atoms with van der Waals surface area (Å²) in [4.78, 5) is 2.57. The normalized spacial score (nSPS) is 18.5. The molecule has 1 rings (SSSR count). The largest absolute Gasteiger partial charge is 0.313 e. The van der Waals surface area contributed by atoms with Gasteiger partial charge in [0.2, 0.25) is 0 Å². The molecule has 0 aliphatic carbocycles. The van der Waals surface area contributed by atoms with Crippen LogP contribution in [0.15, 0.2) is 0 Å². The molecule has 0 aromatic carbocycles. The third-order valence-corrected chi connectivity index (χ3v) is 2.99. The third kappa shape index (κ3) is 5.20. The number of nitrogens with one attached hydrogen (secondary N) is 1. The van der Waals surface area contributed by atoms with Crippen LogP contribution in [0.4, 0.5) is 0 Å². The third-order valence-electron chi connectivity index (χ3n) is 2.99. The fraction of sp³-hybridized carbons (Fsp3) is 0.846. The smallest absolute Gasteiger partial charge is 0.0214 e. The summed E-state index contributed by atoms with van der Waals surface area (Å²) in [6.07, 6.45) is 4.88. The van der Waals surface area contributed by atoms with Gasteiger partial charge in [-0.2, -0.15) is 0 Å². The van der Waals surface area contributed by atoms with E-state index in [0.717, 1.165) is 19.0 Å². The first-order chi connectivity index (χ1) is 7.36. The number of hydrogen-bond acceptors (Lipinski definition) is 2. The number of rotatable bonds is 5. The van der Waals surface area contributed by atoms with Crippen molar-refractivity contribution < 1.29 is 0 Å². The van der Waals surface area contributed by atoms with Crippen molar-refractivity contribution in [1.82, 2.24) is 10.2 Å². The molecule has 0 spiro atoms. The maximum Gasteiger partial charge on any atom is 0.0214 e. The molecule has 2 heteroatoms. The van der Waals surface area contributed by atoms with Crippen LogP contribution in [0.2, 0.25) is 0 Å². The van der Waals surface area contributed by atoms with E-state index in [9.17, 15) is 0 Å². The summed E-state index contributed by atoms with van der Waals surface area (Å²) in [7, 11) is 0. The summed E-state index contributed by atoms with van der Waals surface area (Å²) >= 11 is 0. The highest BCUT2D eigenvalue weighted by molar-refractivity contribution is 4.95. The molecule has 2 nitrogen and oxygen atoms in total. The molecule has 0 amide bonds. The van der Waals surface area contributed by atoms with Gasteiger partial charge in [-0.1, -0.05) is 6.92 Å². The lowest BCUT2D eigenvalue weighted by molar-refractivity contribution is 0.199. The summed E-state index contributed by atoms with van der Waals surface area (Å²) in [6, 6.07) is 0.733. The molecular weight excluding hydrogens is 184 g/mol. The van der Waals surface area contributed by atoms with E-state index in [0.29, 0.717) is 0 Å². The maximum absolute atomic E-state index is 3.59. The van der Waals surface area contributed by atoms with Gasteiger partial charge in [-0.25, -0.2) is 0 Å². The van der Waals surface area contributed by atoms with E-state index in [2.05, 4.69) is 29.0 Å². The molecule has 0 atom stereocenters. The van der Waals surface area contributed by atoms with E-state index < -0.39 is 0 Å². The molecule has 1 aliphatic rings. The summed E-state index contributed by atoms with van der Waals surface area (Å²) in [5, 5.41) is 3.59. The Bertz CT molecular complexity index is 206. The average Bonchev–Trinajstić information content (AvgIpc) is 2.27. The Morgan fingerprint density at radius 2 is 2.07 bits per heavy atom. The monoisotopic (exact) mass is 208 g/mol. The van der Waals surface area contributed by atoms with Crippen molar-refractivity contribution in [2.45, 2.75) is 45.6 Å². The summed E-state index contributed by atoms with van der Waals surface area (Å²) in [6.45, 7) is 9.03. The molecule has 0 aromatic heterocycles. The molecule has 1 aliphatic heterocycles. The zero-order chi connectivity index (χ0) is 10.9. The lowest BCUT2D eigenvalue weighted by atomic mass is 10.0. The molecule has 0 unspecified atom stereocenters. The van der Waals surface area contributed by atoms with Crippen molar-refractivity contribution in [3.8, 4) is 11.8 Å². The zero-order valence-electron chi connectivity index (χ0n) is 10.2. The quantitative estimate of drug-likeness (QED) is 0.548. The Balaban J connectivity index is 2.05. The van der Waals surface area contributed by atoms with Crippen LogP contribution in [-0.2, 0) is 0 Å². The van der Waals surface area contributed by atoms with Crippen LogP contribution in [0.5, 0.6) is 0 Å². The molecule has 0 bridgehead atoms. The van der Waals surface area contributed by atoms with Crippen LogP contribution in [-0.4, -0.2) is 37.1 Å². The van der Waals surface area contributed by atoms with Crippen LogP contribution < -0.4 is 5.32 Å². The first-order valence-corrected chi connectivity index (χ1v) is 6.22. The Labute approximate surface area is 94.4 Å². The van der Waals surface area contributed by atoms with Gasteiger partial charge in [0.25, 0.3) is 0 Å². The van der Waals surface area contributed by atoms with Gasteiger partial charge in [0.05, 0.1) is 0 Å². The van der Waals surface area contributed by atoms with E-state index in [1.165, 1.54) is 38.9 Å². The van der Waals surface area contributed by atoms with E-state index in [1.54, 1.807) is 0 Å². The Kier molecular flexibility index (Phi) is 6.47. The van der Waals surface area contributed by atoms with Crippen molar-refractivity contribution >= 4 is 0 Å². The van der Waals surface area contributed by atoms with Gasteiger partial charge >= 0.3 is 0 Å². The van der Waals surface area contributed by atoms with Gasteiger partial charge in [-0.15, -0.1) is 11.8 Å². The Hall–Kier alpha value is -0.520. The molecule has 0 aromatic rings. The van der Waals surface area contributed by atoms with E-state index in [-0.39, 0.29) is 0 Å². The van der Waals surface area contributed by atoms with Crippen LogP contribution >= 0.6 is 0 Å². The van der Waals surface area contributed by atoms with Crippen LogP contribution in [0.25, 0.3) is 0 Å². The summed E-state index contributed by atoms with van der Waals surface area (Å²) < 4.78 is 0. The van der Waals surface area contributed by atoms with Crippen molar-refractivity contribution in [2.24, 2.45) is 0 Å². The van der Waals surface area contributed by atoms with E-state index in [4.69, 9.17) is 0 Å². The molecule has 1 heterocycles. The molecule has 0 saturated carbocycles. The standard InChI is InChI=1S/C13H24N2/c1-3-5-6-9-14-13-7-11-15(10-4-2)12-8-13/h13-14H,4,6-12H2,1-2H3. The van der Waals surface area contributed by atoms with Crippen molar-refractivity contribution in [2.75, 3.05) is 26.2 Å². The maximum atomic E-state index is 3.59. The topological polar surface area (TPSA) is 15.3 Å². The highest BCUT2D eigenvalue weighted by Gasteiger charge is 2.17. The molecule has 1 fully saturated rings. The van der Waals surface area contributed by atoms with Gasteiger partial charge in [0.1, 0.15) is 0 Å². The van der Waals surface area contributed by atoms with E-state index >= 15 is 0 Å². The van der Waals surface area contributed by atoms with Crippen molar-refractivity contribution in [3.63, 3.8) is 0 Å². The second-order valence-corrected chi connectivity index (χ2v) is 4.25. The Morgan fingerprint density at radius 3 is 2.67 bits per heavy atom. The second-order valence-electron chi connectivity index (χ2n) is 4.25. The number of piperidine rings is 1. The van der Waals surface area contributed by atoms with E-state index in [1.807, 2.05) is 6.92 Å². The van der Waals surface area contributed by atoms with Gasteiger partial charge in [0.15, 0.2) is 0 Å².